The summed E-state index contributed by atoms with van der Waals surface area (Å²) in [7, 11) is 0. The van der Waals surface area contributed by atoms with Crippen LogP contribution in [-0.2, 0) is 5.41 Å². The SMILES string of the molecule is CCC1CC1(CN)c1ccc2c(c1)OCCO2. The van der Waals surface area contributed by atoms with Crippen molar-refractivity contribution in [2.75, 3.05) is 19.8 Å². The summed E-state index contributed by atoms with van der Waals surface area (Å²) in [5, 5.41) is 0. The van der Waals surface area contributed by atoms with E-state index >= 15 is 0 Å². The van der Waals surface area contributed by atoms with Crippen molar-refractivity contribution in [3.8, 4) is 11.5 Å². The molecule has 0 amide bonds. The lowest BCUT2D eigenvalue weighted by Gasteiger charge is -2.22. The van der Waals surface area contributed by atoms with E-state index < -0.39 is 0 Å². The van der Waals surface area contributed by atoms with Crippen molar-refractivity contribution in [3.63, 3.8) is 0 Å². The van der Waals surface area contributed by atoms with E-state index in [1.165, 1.54) is 18.4 Å². The molecule has 1 aliphatic carbocycles. The van der Waals surface area contributed by atoms with Gasteiger partial charge in [-0.25, -0.2) is 0 Å². The molecule has 2 aliphatic rings. The van der Waals surface area contributed by atoms with Gasteiger partial charge in [0.25, 0.3) is 0 Å². The van der Waals surface area contributed by atoms with Gasteiger partial charge in [0.05, 0.1) is 0 Å². The molecule has 1 aromatic carbocycles. The molecular weight excluding hydrogens is 214 g/mol. The summed E-state index contributed by atoms with van der Waals surface area (Å²) in [4.78, 5) is 0. The molecule has 3 heteroatoms. The maximum Gasteiger partial charge on any atom is 0.161 e. The lowest BCUT2D eigenvalue weighted by Crippen LogP contribution is -2.23. The van der Waals surface area contributed by atoms with Crippen molar-refractivity contribution >= 4 is 0 Å². The van der Waals surface area contributed by atoms with Crippen LogP contribution >= 0.6 is 0 Å². The highest BCUT2D eigenvalue weighted by molar-refractivity contribution is 5.48. The molecule has 1 aromatic rings. The van der Waals surface area contributed by atoms with Crippen LogP contribution in [-0.4, -0.2) is 19.8 Å². The zero-order valence-corrected chi connectivity index (χ0v) is 10.2. The van der Waals surface area contributed by atoms with Crippen molar-refractivity contribution < 1.29 is 9.47 Å². The van der Waals surface area contributed by atoms with E-state index in [9.17, 15) is 0 Å². The number of hydrogen-bond donors (Lipinski definition) is 1. The van der Waals surface area contributed by atoms with Crippen LogP contribution in [0.3, 0.4) is 0 Å². The van der Waals surface area contributed by atoms with Crippen molar-refractivity contribution in [3.05, 3.63) is 23.8 Å². The van der Waals surface area contributed by atoms with Gasteiger partial charge in [-0.3, -0.25) is 0 Å². The molecule has 3 rings (SSSR count). The number of hydrogen-bond acceptors (Lipinski definition) is 3. The van der Waals surface area contributed by atoms with Crippen molar-refractivity contribution in [2.45, 2.75) is 25.2 Å². The van der Waals surface area contributed by atoms with Crippen LogP contribution < -0.4 is 15.2 Å². The molecule has 2 atom stereocenters. The average Bonchev–Trinajstić information content (AvgIpc) is 3.13. The normalized spacial score (nSPS) is 30.1. The largest absolute Gasteiger partial charge is 0.486 e. The second kappa shape index (κ2) is 3.91. The minimum absolute atomic E-state index is 0.199. The minimum Gasteiger partial charge on any atom is -0.486 e. The quantitative estimate of drug-likeness (QED) is 0.869. The van der Waals surface area contributed by atoms with Gasteiger partial charge in [0.1, 0.15) is 13.2 Å². The molecular formula is C14H19NO2. The molecule has 2 unspecified atom stereocenters. The van der Waals surface area contributed by atoms with Gasteiger partial charge in [0.2, 0.25) is 0 Å². The number of ether oxygens (including phenoxy) is 2. The summed E-state index contributed by atoms with van der Waals surface area (Å²) in [6.07, 6.45) is 2.41. The van der Waals surface area contributed by atoms with Crippen LogP contribution in [0.15, 0.2) is 18.2 Å². The molecule has 0 saturated heterocycles. The van der Waals surface area contributed by atoms with E-state index in [0.29, 0.717) is 13.2 Å². The van der Waals surface area contributed by atoms with E-state index in [0.717, 1.165) is 24.0 Å². The van der Waals surface area contributed by atoms with E-state index in [-0.39, 0.29) is 5.41 Å². The summed E-state index contributed by atoms with van der Waals surface area (Å²) in [5.41, 5.74) is 7.49. The Bertz CT molecular complexity index is 432. The zero-order chi connectivity index (χ0) is 11.9. The van der Waals surface area contributed by atoms with Gasteiger partial charge < -0.3 is 15.2 Å². The highest BCUT2D eigenvalue weighted by Gasteiger charge is 2.53. The molecule has 1 fully saturated rings. The smallest absolute Gasteiger partial charge is 0.161 e. The molecule has 92 valence electrons. The molecule has 1 aliphatic heterocycles. The van der Waals surface area contributed by atoms with Crippen molar-refractivity contribution in [1.29, 1.82) is 0 Å². The van der Waals surface area contributed by atoms with Crippen LogP contribution in [0, 0.1) is 5.92 Å². The lowest BCUT2D eigenvalue weighted by molar-refractivity contribution is 0.171. The van der Waals surface area contributed by atoms with Crippen LogP contribution in [0.4, 0.5) is 0 Å². The predicted octanol–water partition coefficient (Wildman–Crippen LogP) is 2.08. The first-order chi connectivity index (χ1) is 8.30. The molecule has 17 heavy (non-hydrogen) atoms. The maximum absolute atomic E-state index is 5.97. The van der Waals surface area contributed by atoms with E-state index in [2.05, 4.69) is 19.1 Å². The van der Waals surface area contributed by atoms with Crippen LogP contribution in [0.2, 0.25) is 0 Å². The summed E-state index contributed by atoms with van der Waals surface area (Å²) >= 11 is 0. The monoisotopic (exact) mass is 233 g/mol. The summed E-state index contributed by atoms with van der Waals surface area (Å²) in [5.74, 6) is 2.47. The molecule has 2 N–H and O–H groups in total. The number of benzene rings is 1. The van der Waals surface area contributed by atoms with Gasteiger partial charge in [-0.1, -0.05) is 19.4 Å². The highest BCUT2D eigenvalue weighted by atomic mass is 16.6. The Hall–Kier alpha value is -1.22. The Labute approximate surface area is 102 Å². The lowest BCUT2D eigenvalue weighted by atomic mass is 9.92. The molecule has 0 radical (unpaired) electrons. The standard InChI is InChI=1S/C14H19NO2/c1-2-10-8-14(10,9-15)11-3-4-12-13(7-11)17-6-5-16-12/h3-4,7,10H,2,5-6,8-9,15H2,1H3. The predicted molar refractivity (Wildman–Crippen MR) is 66.6 cm³/mol. The third kappa shape index (κ3) is 1.61. The first kappa shape index (κ1) is 10.9. The first-order valence-corrected chi connectivity index (χ1v) is 6.40. The minimum atomic E-state index is 0.199. The van der Waals surface area contributed by atoms with Gasteiger partial charge in [-0.2, -0.15) is 0 Å². The van der Waals surface area contributed by atoms with Crippen LogP contribution in [0.25, 0.3) is 0 Å². The third-order valence-corrected chi connectivity index (χ3v) is 4.21. The van der Waals surface area contributed by atoms with Crippen molar-refractivity contribution in [1.82, 2.24) is 0 Å². The van der Waals surface area contributed by atoms with Gasteiger partial charge in [-0.05, 0) is 30.0 Å². The summed E-state index contributed by atoms with van der Waals surface area (Å²) in [6.45, 7) is 4.25. The summed E-state index contributed by atoms with van der Waals surface area (Å²) < 4.78 is 11.2. The number of rotatable bonds is 3. The van der Waals surface area contributed by atoms with Gasteiger partial charge in [-0.15, -0.1) is 0 Å². The fourth-order valence-electron chi connectivity index (χ4n) is 2.99. The third-order valence-electron chi connectivity index (χ3n) is 4.21. The Morgan fingerprint density at radius 2 is 2.06 bits per heavy atom. The van der Waals surface area contributed by atoms with Gasteiger partial charge in [0.15, 0.2) is 11.5 Å². The maximum atomic E-state index is 5.97. The fourth-order valence-corrected chi connectivity index (χ4v) is 2.99. The van der Waals surface area contributed by atoms with Gasteiger partial charge in [0, 0.05) is 12.0 Å². The number of nitrogens with two attached hydrogens (primary N) is 1. The Morgan fingerprint density at radius 1 is 1.29 bits per heavy atom. The van der Waals surface area contributed by atoms with Gasteiger partial charge >= 0.3 is 0 Å². The molecule has 1 heterocycles. The topological polar surface area (TPSA) is 44.5 Å². The molecule has 1 saturated carbocycles. The van der Waals surface area contributed by atoms with E-state index in [1.54, 1.807) is 0 Å². The van der Waals surface area contributed by atoms with Crippen molar-refractivity contribution in [2.24, 2.45) is 11.7 Å². The van der Waals surface area contributed by atoms with E-state index in [4.69, 9.17) is 15.2 Å². The molecule has 3 nitrogen and oxygen atoms in total. The fraction of sp³-hybridized carbons (Fsp3) is 0.571. The Balaban J connectivity index is 1.94. The second-order valence-corrected chi connectivity index (χ2v) is 5.03. The first-order valence-electron chi connectivity index (χ1n) is 6.40. The molecule has 0 aromatic heterocycles. The number of fused-ring (bicyclic) bond motifs is 1. The Morgan fingerprint density at radius 3 is 2.71 bits per heavy atom. The van der Waals surface area contributed by atoms with E-state index in [1.807, 2.05) is 6.07 Å². The zero-order valence-electron chi connectivity index (χ0n) is 10.2. The second-order valence-electron chi connectivity index (χ2n) is 5.03. The molecule has 0 spiro atoms. The average molecular weight is 233 g/mol. The van der Waals surface area contributed by atoms with Crippen LogP contribution in [0.5, 0.6) is 11.5 Å². The van der Waals surface area contributed by atoms with Crippen LogP contribution in [0.1, 0.15) is 25.3 Å². The Kier molecular flexibility index (Phi) is 2.51. The summed E-state index contributed by atoms with van der Waals surface area (Å²) in [6, 6.07) is 6.29. The highest BCUT2D eigenvalue weighted by Crippen LogP contribution is 2.56. The molecule has 0 bridgehead atoms.